The third-order valence-electron chi connectivity index (χ3n) is 2.36. The molecule has 0 amide bonds. The monoisotopic (exact) mass is 227 g/mol. The van der Waals surface area contributed by atoms with Crippen LogP contribution in [0.25, 0.3) is 6.08 Å². The van der Waals surface area contributed by atoms with Crippen molar-refractivity contribution in [3.05, 3.63) is 21.7 Å². The molecule has 1 unspecified atom stereocenters. The van der Waals surface area contributed by atoms with E-state index in [0.717, 1.165) is 6.42 Å². The minimum Gasteiger partial charge on any atom is -0.398 e. The van der Waals surface area contributed by atoms with Gasteiger partial charge in [0.15, 0.2) is 0 Å². The van der Waals surface area contributed by atoms with Crippen molar-refractivity contribution < 1.29 is 8.63 Å². The van der Waals surface area contributed by atoms with Crippen LogP contribution in [-0.2, 0) is 17.3 Å². The smallest absolute Gasteiger partial charge is 0.398 e. The topological polar surface area (TPSA) is 52.2 Å². The molecule has 4 nitrogen and oxygen atoms in total. The maximum absolute atomic E-state index is 11.4. The van der Waals surface area contributed by atoms with Gasteiger partial charge in [-0.3, -0.25) is 4.57 Å². The van der Waals surface area contributed by atoms with Crippen molar-refractivity contribution in [1.29, 1.82) is 0 Å². The first-order chi connectivity index (χ1) is 7.09. The molecule has 0 spiro atoms. The molecule has 0 fully saturated rings. The normalized spacial score (nSPS) is 18.7. The van der Waals surface area contributed by atoms with Crippen LogP contribution in [0.2, 0.25) is 0 Å². The van der Waals surface area contributed by atoms with Crippen LogP contribution in [0.1, 0.15) is 26.0 Å². The predicted octanol–water partition coefficient (Wildman–Crippen LogP) is 1.58. The molecule has 0 saturated heterocycles. The number of nitrogens with zero attached hydrogens (tertiary/aromatic N) is 1. The second-order valence-corrected chi connectivity index (χ2v) is 5.21. The molecule has 0 bridgehead atoms. The minimum absolute atomic E-state index is 0.295. The Morgan fingerprint density at radius 3 is 2.93 bits per heavy atom. The summed E-state index contributed by atoms with van der Waals surface area (Å²) in [6, 6.07) is 0. The molecule has 2 rings (SSSR count). The molecular formula is C10H13NO3S. The molecular weight excluding hydrogens is 214 g/mol. The van der Waals surface area contributed by atoms with E-state index in [1.54, 1.807) is 16.1 Å². The van der Waals surface area contributed by atoms with Crippen molar-refractivity contribution in [1.82, 2.24) is 4.57 Å². The van der Waals surface area contributed by atoms with Crippen molar-refractivity contribution in [2.45, 2.75) is 31.9 Å². The SMILES string of the molecule is CC(C)CCn1c2c(oc1=O)S(=O)C=C2. The van der Waals surface area contributed by atoms with E-state index in [1.807, 2.05) is 0 Å². The Bertz CT molecular complexity index is 481. The second kappa shape index (κ2) is 3.81. The van der Waals surface area contributed by atoms with Gasteiger partial charge in [-0.2, -0.15) is 0 Å². The van der Waals surface area contributed by atoms with E-state index in [2.05, 4.69) is 13.8 Å². The number of hydrogen-bond acceptors (Lipinski definition) is 3. The van der Waals surface area contributed by atoms with E-state index in [4.69, 9.17) is 4.42 Å². The van der Waals surface area contributed by atoms with Crippen LogP contribution < -0.4 is 5.76 Å². The second-order valence-electron chi connectivity index (χ2n) is 3.97. The van der Waals surface area contributed by atoms with Crippen LogP contribution in [0.15, 0.2) is 19.7 Å². The lowest BCUT2D eigenvalue weighted by molar-refractivity contribution is 0.404. The van der Waals surface area contributed by atoms with Crippen molar-refractivity contribution >= 4 is 16.9 Å². The zero-order valence-electron chi connectivity index (χ0n) is 8.73. The Morgan fingerprint density at radius 1 is 1.53 bits per heavy atom. The summed E-state index contributed by atoms with van der Waals surface area (Å²) >= 11 is 0. The van der Waals surface area contributed by atoms with E-state index in [0.29, 0.717) is 23.2 Å². The highest BCUT2D eigenvalue weighted by Gasteiger charge is 2.22. The highest BCUT2D eigenvalue weighted by atomic mass is 32.2. The Kier molecular flexibility index (Phi) is 2.65. The Hall–Kier alpha value is -1.10. The van der Waals surface area contributed by atoms with E-state index in [-0.39, 0.29) is 0 Å². The lowest BCUT2D eigenvalue weighted by Gasteiger charge is -2.04. The number of aromatic nitrogens is 1. The molecule has 1 aliphatic rings. The number of hydrogen-bond donors (Lipinski definition) is 0. The molecule has 5 heteroatoms. The third kappa shape index (κ3) is 1.84. The van der Waals surface area contributed by atoms with Gasteiger partial charge in [-0.05, 0) is 18.4 Å². The van der Waals surface area contributed by atoms with Crippen molar-refractivity contribution in [3.63, 3.8) is 0 Å². The average molecular weight is 227 g/mol. The van der Waals surface area contributed by atoms with Gasteiger partial charge in [0, 0.05) is 12.0 Å². The van der Waals surface area contributed by atoms with Crippen LogP contribution in [-0.4, -0.2) is 8.78 Å². The molecule has 82 valence electrons. The Labute approximate surface area is 90.1 Å². The average Bonchev–Trinajstić information content (AvgIpc) is 2.64. The Balaban J connectivity index is 2.33. The molecule has 1 aromatic heterocycles. The molecule has 0 radical (unpaired) electrons. The van der Waals surface area contributed by atoms with E-state index in [1.165, 1.54) is 0 Å². The standard InChI is InChI=1S/C10H13NO3S/c1-7(2)3-5-11-8-4-6-15(13)9(8)14-10(11)12/h4,6-7H,3,5H2,1-2H3. The van der Waals surface area contributed by atoms with Gasteiger partial charge in [-0.25, -0.2) is 9.00 Å². The maximum atomic E-state index is 11.4. The Morgan fingerprint density at radius 2 is 2.27 bits per heavy atom. The van der Waals surface area contributed by atoms with E-state index < -0.39 is 16.6 Å². The van der Waals surface area contributed by atoms with Crippen LogP contribution >= 0.6 is 0 Å². The van der Waals surface area contributed by atoms with Crippen LogP contribution in [0.3, 0.4) is 0 Å². The zero-order chi connectivity index (χ0) is 11.0. The summed E-state index contributed by atoms with van der Waals surface area (Å²) in [5, 5.41) is 1.84. The molecule has 1 aromatic rings. The summed E-state index contributed by atoms with van der Waals surface area (Å²) in [7, 11) is -1.27. The first kappa shape index (κ1) is 10.4. The summed E-state index contributed by atoms with van der Waals surface area (Å²) in [6.45, 7) is 4.82. The van der Waals surface area contributed by atoms with Gasteiger partial charge >= 0.3 is 5.76 Å². The number of oxazole rings is 1. The van der Waals surface area contributed by atoms with Crippen LogP contribution in [0.5, 0.6) is 0 Å². The maximum Gasteiger partial charge on any atom is 0.420 e. The third-order valence-corrected chi connectivity index (χ3v) is 3.40. The lowest BCUT2D eigenvalue weighted by atomic mass is 10.1. The molecule has 0 aliphatic carbocycles. The van der Waals surface area contributed by atoms with Gasteiger partial charge in [0.25, 0.3) is 0 Å². The van der Waals surface area contributed by atoms with Gasteiger partial charge in [0.1, 0.15) is 16.5 Å². The largest absolute Gasteiger partial charge is 0.420 e. The fourth-order valence-corrected chi connectivity index (χ4v) is 2.40. The first-order valence-corrected chi connectivity index (χ1v) is 6.13. The fourth-order valence-electron chi connectivity index (χ4n) is 1.48. The van der Waals surface area contributed by atoms with E-state index in [9.17, 15) is 9.00 Å². The van der Waals surface area contributed by atoms with Crippen molar-refractivity contribution in [2.75, 3.05) is 0 Å². The minimum atomic E-state index is -1.27. The van der Waals surface area contributed by atoms with Gasteiger partial charge in [0.05, 0.1) is 0 Å². The van der Waals surface area contributed by atoms with Gasteiger partial charge in [-0.15, -0.1) is 0 Å². The van der Waals surface area contributed by atoms with Crippen LogP contribution in [0.4, 0.5) is 0 Å². The summed E-state index contributed by atoms with van der Waals surface area (Å²) in [5.41, 5.74) is 0.666. The first-order valence-electron chi connectivity index (χ1n) is 4.92. The zero-order valence-corrected chi connectivity index (χ0v) is 9.54. The van der Waals surface area contributed by atoms with Crippen molar-refractivity contribution in [2.24, 2.45) is 5.92 Å². The predicted molar refractivity (Wildman–Crippen MR) is 57.9 cm³/mol. The highest BCUT2D eigenvalue weighted by Crippen LogP contribution is 2.22. The summed E-state index contributed by atoms with van der Waals surface area (Å²) in [4.78, 5) is 11.4. The molecule has 0 aromatic carbocycles. The van der Waals surface area contributed by atoms with Gasteiger partial charge < -0.3 is 4.42 Å². The number of fused-ring (bicyclic) bond motifs is 1. The summed E-state index contributed by atoms with van der Waals surface area (Å²) < 4.78 is 17.8. The van der Waals surface area contributed by atoms with E-state index >= 15 is 0 Å². The molecule has 1 aliphatic heterocycles. The van der Waals surface area contributed by atoms with Gasteiger partial charge in [0.2, 0.25) is 5.09 Å². The number of rotatable bonds is 3. The lowest BCUT2D eigenvalue weighted by Crippen LogP contribution is -2.16. The fraction of sp³-hybridized carbons (Fsp3) is 0.500. The molecule has 0 N–H and O–H groups in total. The van der Waals surface area contributed by atoms with Crippen LogP contribution in [0, 0.1) is 5.92 Å². The molecule has 0 saturated carbocycles. The molecule has 2 heterocycles. The summed E-state index contributed by atoms with van der Waals surface area (Å²) in [5.74, 6) is 0.122. The molecule has 1 atom stereocenters. The molecule has 15 heavy (non-hydrogen) atoms. The quantitative estimate of drug-likeness (QED) is 0.787. The highest BCUT2D eigenvalue weighted by molar-refractivity contribution is 7.88. The van der Waals surface area contributed by atoms with Gasteiger partial charge in [-0.1, -0.05) is 13.8 Å². The van der Waals surface area contributed by atoms with Crippen molar-refractivity contribution in [3.8, 4) is 0 Å². The summed E-state index contributed by atoms with van der Waals surface area (Å²) in [6.07, 6.45) is 2.60.